The van der Waals surface area contributed by atoms with E-state index in [2.05, 4.69) is 9.97 Å². The molecule has 0 radical (unpaired) electrons. The summed E-state index contributed by atoms with van der Waals surface area (Å²) in [6, 6.07) is 7.84. The highest BCUT2D eigenvalue weighted by Crippen LogP contribution is 2.36. The average Bonchev–Trinajstić information content (AvgIpc) is 2.90. The Morgan fingerprint density at radius 3 is 2.95 bits per heavy atom. The van der Waals surface area contributed by atoms with Gasteiger partial charge in [0.15, 0.2) is 0 Å². The van der Waals surface area contributed by atoms with Gasteiger partial charge in [0.05, 0.1) is 13.0 Å². The number of aromatic nitrogens is 2. The number of H-pyrrole nitrogens is 1. The quantitative estimate of drug-likeness (QED) is 0.682. The first-order valence-electron chi connectivity index (χ1n) is 6.52. The second-order valence-corrected chi connectivity index (χ2v) is 5.21. The van der Waals surface area contributed by atoms with Crippen LogP contribution in [0.15, 0.2) is 24.3 Å². The van der Waals surface area contributed by atoms with E-state index < -0.39 is 5.97 Å². The number of benzene rings is 1. The molecule has 5 nitrogen and oxygen atoms in total. The van der Waals surface area contributed by atoms with Gasteiger partial charge in [-0.3, -0.25) is 0 Å². The molecule has 1 atom stereocenters. The van der Waals surface area contributed by atoms with Gasteiger partial charge in [0, 0.05) is 11.3 Å². The van der Waals surface area contributed by atoms with Crippen molar-refractivity contribution in [1.82, 2.24) is 9.97 Å². The predicted molar refractivity (Wildman–Crippen MR) is 79.3 cm³/mol. The maximum absolute atomic E-state index is 11.7. The van der Waals surface area contributed by atoms with Crippen LogP contribution in [0.2, 0.25) is 0 Å². The Balaban J connectivity index is 2.06. The van der Waals surface area contributed by atoms with Crippen LogP contribution in [-0.4, -0.2) is 29.7 Å². The first kappa shape index (κ1) is 13.8. The number of hydrogen-bond donors (Lipinski definition) is 1. The number of ether oxygens (including phenoxy) is 2. The van der Waals surface area contributed by atoms with Crippen molar-refractivity contribution in [2.75, 3.05) is 13.7 Å². The zero-order valence-electron chi connectivity index (χ0n) is 11.7. The Morgan fingerprint density at radius 1 is 1.48 bits per heavy atom. The van der Waals surface area contributed by atoms with Crippen molar-refractivity contribution in [3.63, 3.8) is 0 Å². The van der Waals surface area contributed by atoms with Crippen LogP contribution in [0.3, 0.4) is 0 Å². The first-order valence-corrected chi connectivity index (χ1v) is 6.93. The molecule has 1 aliphatic heterocycles. The first-order chi connectivity index (χ1) is 10.1. The number of aryl methyl sites for hydroxylation is 1. The molecular formula is C15H14N2O3S. The third-order valence-corrected chi connectivity index (χ3v) is 3.84. The van der Waals surface area contributed by atoms with Gasteiger partial charge in [0.1, 0.15) is 28.4 Å². The van der Waals surface area contributed by atoms with Crippen LogP contribution in [0.4, 0.5) is 0 Å². The number of aromatic amines is 1. The van der Waals surface area contributed by atoms with Crippen molar-refractivity contribution in [2.45, 2.75) is 12.8 Å². The topological polar surface area (TPSA) is 64.2 Å². The van der Waals surface area contributed by atoms with Crippen molar-refractivity contribution in [2.24, 2.45) is 0 Å². The summed E-state index contributed by atoms with van der Waals surface area (Å²) in [5.74, 6) is 1.08. The van der Waals surface area contributed by atoms with Crippen LogP contribution in [-0.2, 0) is 4.74 Å². The molecule has 0 spiro atoms. The van der Waals surface area contributed by atoms with Gasteiger partial charge in [-0.05, 0) is 13.0 Å². The minimum atomic E-state index is -0.476. The average molecular weight is 302 g/mol. The fraction of sp³-hybridized carbons (Fsp3) is 0.267. The van der Waals surface area contributed by atoms with E-state index in [9.17, 15) is 4.79 Å². The van der Waals surface area contributed by atoms with Gasteiger partial charge in [-0.1, -0.05) is 30.4 Å². The van der Waals surface area contributed by atoms with Crippen LogP contribution in [0, 0.1) is 11.6 Å². The maximum Gasteiger partial charge on any atom is 0.342 e. The molecular weight excluding hydrogens is 288 g/mol. The summed E-state index contributed by atoms with van der Waals surface area (Å²) in [5.41, 5.74) is 2.03. The number of hydrogen-bond acceptors (Lipinski definition) is 5. The number of esters is 1. The largest absolute Gasteiger partial charge is 0.492 e. The van der Waals surface area contributed by atoms with Crippen molar-refractivity contribution in [3.8, 4) is 5.75 Å². The van der Waals surface area contributed by atoms with Crippen LogP contribution < -0.4 is 4.74 Å². The second kappa shape index (κ2) is 5.29. The Kier molecular flexibility index (Phi) is 3.47. The van der Waals surface area contributed by atoms with Crippen molar-refractivity contribution < 1.29 is 14.3 Å². The molecule has 0 fully saturated rings. The van der Waals surface area contributed by atoms with Crippen molar-refractivity contribution >= 4 is 18.2 Å². The number of rotatable bonds is 2. The SMILES string of the molecule is COC(=O)c1c(C)[nH]c(C2COc3ccccc32)nc1=S. The number of carbonyl (C=O) groups excluding carboxylic acids is 1. The van der Waals surface area contributed by atoms with E-state index in [1.165, 1.54) is 7.11 Å². The third kappa shape index (κ3) is 2.31. The van der Waals surface area contributed by atoms with Gasteiger partial charge >= 0.3 is 5.97 Å². The fourth-order valence-corrected chi connectivity index (χ4v) is 2.84. The molecule has 0 amide bonds. The zero-order chi connectivity index (χ0) is 15.0. The van der Waals surface area contributed by atoms with Crippen LogP contribution in [0.25, 0.3) is 0 Å². The van der Waals surface area contributed by atoms with E-state index in [1.54, 1.807) is 6.92 Å². The highest BCUT2D eigenvalue weighted by Gasteiger charge is 2.28. The normalized spacial score (nSPS) is 16.2. The molecule has 2 aromatic rings. The summed E-state index contributed by atoms with van der Waals surface area (Å²) in [6.07, 6.45) is 0. The molecule has 1 N–H and O–H groups in total. The smallest absolute Gasteiger partial charge is 0.342 e. The fourth-order valence-electron chi connectivity index (χ4n) is 2.50. The molecule has 6 heteroatoms. The summed E-state index contributed by atoms with van der Waals surface area (Å²) >= 11 is 5.23. The summed E-state index contributed by atoms with van der Waals surface area (Å²) in [4.78, 5) is 19.2. The molecule has 108 valence electrons. The van der Waals surface area contributed by atoms with E-state index in [1.807, 2.05) is 24.3 Å². The van der Waals surface area contributed by atoms with Gasteiger partial charge in [-0.15, -0.1) is 0 Å². The minimum absolute atomic E-state index is 0.00621. The molecule has 2 heterocycles. The molecule has 0 saturated heterocycles. The van der Waals surface area contributed by atoms with Crippen molar-refractivity contribution in [1.29, 1.82) is 0 Å². The van der Waals surface area contributed by atoms with Gasteiger partial charge < -0.3 is 14.5 Å². The third-order valence-electron chi connectivity index (χ3n) is 3.55. The van der Waals surface area contributed by atoms with E-state index in [0.717, 1.165) is 11.3 Å². The summed E-state index contributed by atoms with van der Waals surface area (Å²) in [5, 5.41) is 0. The Morgan fingerprint density at radius 2 is 2.24 bits per heavy atom. The Bertz CT molecular complexity index is 770. The van der Waals surface area contributed by atoms with Gasteiger partial charge in [0.2, 0.25) is 0 Å². The minimum Gasteiger partial charge on any atom is -0.492 e. The van der Waals surface area contributed by atoms with Gasteiger partial charge in [-0.25, -0.2) is 9.78 Å². The number of nitrogens with one attached hydrogen (secondary N) is 1. The number of nitrogens with zero attached hydrogens (tertiary/aromatic N) is 1. The lowest BCUT2D eigenvalue weighted by atomic mass is 10.0. The van der Waals surface area contributed by atoms with Crippen LogP contribution >= 0.6 is 12.2 Å². The maximum atomic E-state index is 11.7. The molecule has 0 aliphatic carbocycles. The lowest BCUT2D eigenvalue weighted by molar-refractivity contribution is 0.0598. The molecule has 1 unspecified atom stereocenters. The second-order valence-electron chi connectivity index (χ2n) is 4.82. The van der Waals surface area contributed by atoms with E-state index in [0.29, 0.717) is 23.7 Å². The zero-order valence-corrected chi connectivity index (χ0v) is 12.5. The Hall–Kier alpha value is -2.21. The molecule has 0 bridgehead atoms. The molecule has 1 aromatic heterocycles. The number of fused-ring (bicyclic) bond motifs is 1. The molecule has 0 saturated carbocycles. The Labute approximate surface area is 126 Å². The summed E-state index contributed by atoms with van der Waals surface area (Å²) in [6.45, 7) is 2.30. The van der Waals surface area contributed by atoms with E-state index in [4.69, 9.17) is 21.7 Å². The van der Waals surface area contributed by atoms with Gasteiger partial charge in [0.25, 0.3) is 0 Å². The number of carbonyl (C=O) groups is 1. The van der Waals surface area contributed by atoms with Gasteiger partial charge in [-0.2, -0.15) is 0 Å². The predicted octanol–water partition coefficient (Wildman–Crippen LogP) is 2.76. The monoisotopic (exact) mass is 302 g/mol. The lowest BCUT2D eigenvalue weighted by Gasteiger charge is -2.11. The molecule has 21 heavy (non-hydrogen) atoms. The standard InChI is InChI=1S/C15H14N2O3S/c1-8-12(15(18)19-2)14(21)17-13(16-8)10-7-20-11-6-4-3-5-9(10)11/h3-6,10H,7H2,1-2H3,(H,16,17,21). The number of methoxy groups -OCH3 is 1. The van der Waals surface area contributed by atoms with Crippen LogP contribution in [0.1, 0.15) is 33.4 Å². The number of para-hydroxylation sites is 1. The molecule has 1 aliphatic rings. The molecule has 3 rings (SSSR count). The van der Waals surface area contributed by atoms with E-state index in [-0.39, 0.29) is 10.6 Å². The van der Waals surface area contributed by atoms with Crippen LogP contribution in [0.5, 0.6) is 5.75 Å². The lowest BCUT2D eigenvalue weighted by Crippen LogP contribution is -2.14. The summed E-state index contributed by atoms with van der Waals surface area (Å²) < 4.78 is 10.6. The summed E-state index contributed by atoms with van der Waals surface area (Å²) in [7, 11) is 1.32. The highest BCUT2D eigenvalue weighted by molar-refractivity contribution is 7.71. The van der Waals surface area contributed by atoms with Crippen molar-refractivity contribution in [3.05, 3.63) is 51.6 Å². The molecule has 1 aromatic carbocycles. The van der Waals surface area contributed by atoms with E-state index >= 15 is 0 Å². The highest BCUT2D eigenvalue weighted by atomic mass is 32.1.